The van der Waals surface area contributed by atoms with E-state index < -0.39 is 10.0 Å². The van der Waals surface area contributed by atoms with Crippen LogP contribution in [-0.2, 0) is 10.0 Å². The van der Waals surface area contributed by atoms with Gasteiger partial charge in [0.15, 0.2) is 0 Å². The summed E-state index contributed by atoms with van der Waals surface area (Å²) in [5, 5.41) is 8.78. The molecule has 2 aliphatic heterocycles. The topological polar surface area (TPSA) is 81.5 Å². The van der Waals surface area contributed by atoms with Crippen LogP contribution in [0.3, 0.4) is 0 Å². The summed E-state index contributed by atoms with van der Waals surface area (Å²) in [6.45, 7) is 3.17. The third kappa shape index (κ3) is 2.84. The molecule has 1 aromatic carbocycles. The number of amides is 1. The third-order valence-corrected chi connectivity index (χ3v) is 6.39. The van der Waals surface area contributed by atoms with Crippen molar-refractivity contribution in [2.24, 2.45) is 5.92 Å². The lowest BCUT2D eigenvalue weighted by molar-refractivity contribution is 0.0747. The Kier molecular flexibility index (Phi) is 4.13. The molecule has 0 aliphatic carbocycles. The van der Waals surface area contributed by atoms with E-state index >= 15 is 0 Å². The summed E-state index contributed by atoms with van der Waals surface area (Å²) in [5.74, 6) is -0.356. The molecule has 122 valence electrons. The molecule has 0 aromatic heterocycles. The number of hydrogen-bond acceptors (Lipinski definition) is 4. The second-order valence-corrected chi connectivity index (χ2v) is 8.10. The van der Waals surface area contributed by atoms with Crippen LogP contribution in [0.2, 0.25) is 0 Å². The molecule has 1 atom stereocenters. The Morgan fingerprint density at radius 2 is 2.09 bits per heavy atom. The van der Waals surface area contributed by atoms with E-state index in [0.717, 1.165) is 12.8 Å². The van der Waals surface area contributed by atoms with Crippen molar-refractivity contribution in [3.8, 4) is 6.07 Å². The number of nitrogens with zero attached hydrogens (tertiary/aromatic N) is 3. The molecular formula is C16H19N3O3S. The van der Waals surface area contributed by atoms with E-state index in [2.05, 4.69) is 6.07 Å². The maximum absolute atomic E-state index is 12.6. The first-order valence-corrected chi connectivity index (χ1v) is 9.18. The number of benzene rings is 1. The molecule has 0 N–H and O–H groups in total. The molecule has 0 unspecified atom stereocenters. The van der Waals surface area contributed by atoms with Gasteiger partial charge in [-0.05, 0) is 38.0 Å². The summed E-state index contributed by atoms with van der Waals surface area (Å²) in [7, 11) is -3.63. The summed E-state index contributed by atoms with van der Waals surface area (Å²) in [5.41, 5.74) is 0.400. The van der Waals surface area contributed by atoms with E-state index in [1.165, 1.54) is 16.4 Å². The Balaban J connectivity index is 1.83. The SMILES string of the molecule is C[C@H]1CCCN1C(=O)c1cccc(S(=O)(=O)N2CC(C#N)C2)c1. The number of nitriles is 1. The van der Waals surface area contributed by atoms with Gasteiger partial charge in [0, 0.05) is 31.2 Å². The summed E-state index contributed by atoms with van der Waals surface area (Å²) in [6, 6.07) is 8.45. The standard InChI is InChI=1S/C16H19N3O3S/c1-12-4-3-7-19(12)16(20)14-5-2-6-15(8-14)23(21,22)18-10-13(9-17)11-18/h2,5-6,8,12-13H,3-4,7,10-11H2,1H3/t12-/m0/s1. The Morgan fingerprint density at radius 3 is 2.70 bits per heavy atom. The molecule has 0 spiro atoms. The lowest BCUT2D eigenvalue weighted by Gasteiger charge is -2.34. The molecule has 0 saturated carbocycles. The van der Waals surface area contributed by atoms with Gasteiger partial charge in [0.2, 0.25) is 10.0 Å². The highest BCUT2D eigenvalue weighted by Gasteiger charge is 2.37. The number of carbonyl (C=O) groups is 1. The van der Waals surface area contributed by atoms with E-state index in [0.29, 0.717) is 12.1 Å². The van der Waals surface area contributed by atoms with Crippen LogP contribution in [0.15, 0.2) is 29.2 Å². The molecule has 2 aliphatic rings. The first kappa shape index (κ1) is 16.0. The minimum atomic E-state index is -3.63. The summed E-state index contributed by atoms with van der Waals surface area (Å²) in [6.07, 6.45) is 1.96. The van der Waals surface area contributed by atoms with E-state index in [1.54, 1.807) is 17.0 Å². The highest BCUT2D eigenvalue weighted by molar-refractivity contribution is 7.89. The third-order valence-electron chi connectivity index (χ3n) is 4.56. The Hall–Kier alpha value is -1.91. The Morgan fingerprint density at radius 1 is 1.35 bits per heavy atom. The molecule has 2 saturated heterocycles. The van der Waals surface area contributed by atoms with Gasteiger partial charge in [-0.15, -0.1) is 0 Å². The van der Waals surface area contributed by atoms with E-state index in [1.807, 2.05) is 6.92 Å². The van der Waals surface area contributed by atoms with Crippen LogP contribution in [-0.4, -0.2) is 49.2 Å². The number of likely N-dealkylation sites (tertiary alicyclic amines) is 1. The van der Waals surface area contributed by atoms with Gasteiger partial charge >= 0.3 is 0 Å². The van der Waals surface area contributed by atoms with Gasteiger partial charge in [-0.25, -0.2) is 8.42 Å². The fraction of sp³-hybridized carbons (Fsp3) is 0.500. The predicted molar refractivity (Wildman–Crippen MR) is 84.0 cm³/mol. The summed E-state index contributed by atoms with van der Waals surface area (Å²) >= 11 is 0. The van der Waals surface area contributed by atoms with Crippen LogP contribution in [0.5, 0.6) is 0 Å². The number of carbonyl (C=O) groups excluding carboxylic acids is 1. The molecule has 0 radical (unpaired) electrons. The van der Waals surface area contributed by atoms with Crippen LogP contribution < -0.4 is 0 Å². The molecule has 23 heavy (non-hydrogen) atoms. The van der Waals surface area contributed by atoms with Crippen molar-refractivity contribution in [3.63, 3.8) is 0 Å². The molecule has 0 bridgehead atoms. The van der Waals surface area contributed by atoms with Gasteiger partial charge in [-0.2, -0.15) is 9.57 Å². The second kappa shape index (κ2) is 5.95. The lowest BCUT2D eigenvalue weighted by atomic mass is 10.1. The predicted octanol–water partition coefficient (Wildman–Crippen LogP) is 1.46. The molecule has 1 amide bonds. The normalized spacial score (nSPS) is 22.6. The quantitative estimate of drug-likeness (QED) is 0.838. The zero-order chi connectivity index (χ0) is 16.6. The summed E-state index contributed by atoms with van der Waals surface area (Å²) < 4.78 is 26.3. The fourth-order valence-electron chi connectivity index (χ4n) is 3.06. The first-order chi connectivity index (χ1) is 10.9. The van der Waals surface area contributed by atoms with Crippen molar-refractivity contribution in [3.05, 3.63) is 29.8 Å². The van der Waals surface area contributed by atoms with Crippen molar-refractivity contribution in [2.75, 3.05) is 19.6 Å². The lowest BCUT2D eigenvalue weighted by Crippen LogP contribution is -2.49. The smallest absolute Gasteiger partial charge is 0.254 e. The van der Waals surface area contributed by atoms with E-state index in [4.69, 9.17) is 5.26 Å². The van der Waals surface area contributed by atoms with Crippen LogP contribution in [0.4, 0.5) is 0 Å². The van der Waals surface area contributed by atoms with Crippen LogP contribution in [0, 0.1) is 17.2 Å². The Bertz CT molecular complexity index is 763. The maximum Gasteiger partial charge on any atom is 0.254 e. The number of sulfonamides is 1. The average Bonchev–Trinajstić information content (AvgIpc) is 2.91. The fourth-order valence-corrected chi connectivity index (χ4v) is 4.63. The molecule has 6 nitrogen and oxygen atoms in total. The van der Waals surface area contributed by atoms with E-state index in [9.17, 15) is 13.2 Å². The number of hydrogen-bond donors (Lipinski definition) is 0. The van der Waals surface area contributed by atoms with Crippen LogP contribution in [0.1, 0.15) is 30.1 Å². The molecule has 2 fully saturated rings. The van der Waals surface area contributed by atoms with Crippen LogP contribution in [0.25, 0.3) is 0 Å². The summed E-state index contributed by atoms with van der Waals surface area (Å²) in [4.78, 5) is 14.5. The van der Waals surface area contributed by atoms with Crippen molar-refractivity contribution in [2.45, 2.75) is 30.7 Å². The molecule has 1 aromatic rings. The van der Waals surface area contributed by atoms with Gasteiger partial charge in [0.1, 0.15) is 0 Å². The van der Waals surface area contributed by atoms with Crippen molar-refractivity contribution >= 4 is 15.9 Å². The van der Waals surface area contributed by atoms with Gasteiger partial charge in [0.05, 0.1) is 16.9 Å². The first-order valence-electron chi connectivity index (χ1n) is 7.74. The minimum absolute atomic E-state index is 0.117. The van der Waals surface area contributed by atoms with Crippen LogP contribution >= 0.6 is 0 Å². The Labute approximate surface area is 136 Å². The zero-order valence-electron chi connectivity index (χ0n) is 13.0. The van der Waals surface area contributed by atoms with Gasteiger partial charge in [0.25, 0.3) is 5.91 Å². The second-order valence-electron chi connectivity index (χ2n) is 6.17. The average molecular weight is 333 g/mol. The molecule has 2 heterocycles. The largest absolute Gasteiger partial charge is 0.336 e. The van der Waals surface area contributed by atoms with Gasteiger partial charge in [-0.3, -0.25) is 4.79 Å². The molecular weight excluding hydrogens is 314 g/mol. The molecule has 3 rings (SSSR count). The van der Waals surface area contributed by atoms with E-state index in [-0.39, 0.29) is 35.9 Å². The maximum atomic E-state index is 12.6. The number of rotatable bonds is 3. The highest BCUT2D eigenvalue weighted by atomic mass is 32.2. The zero-order valence-corrected chi connectivity index (χ0v) is 13.8. The van der Waals surface area contributed by atoms with Crippen molar-refractivity contribution in [1.82, 2.24) is 9.21 Å². The van der Waals surface area contributed by atoms with Gasteiger partial charge < -0.3 is 4.90 Å². The van der Waals surface area contributed by atoms with Gasteiger partial charge in [-0.1, -0.05) is 6.07 Å². The highest BCUT2D eigenvalue weighted by Crippen LogP contribution is 2.26. The van der Waals surface area contributed by atoms with Crippen molar-refractivity contribution < 1.29 is 13.2 Å². The molecule has 7 heteroatoms. The monoisotopic (exact) mass is 333 g/mol. The van der Waals surface area contributed by atoms with Crippen molar-refractivity contribution in [1.29, 1.82) is 5.26 Å². The minimum Gasteiger partial charge on any atom is -0.336 e.